The Morgan fingerprint density at radius 1 is 1.44 bits per heavy atom. The normalized spacial score (nSPS) is 20.9. The maximum atomic E-state index is 11.1. The molecule has 0 amide bonds. The Morgan fingerprint density at radius 3 is 3.00 bits per heavy atom. The lowest BCUT2D eigenvalue weighted by atomic mass is 10.1. The van der Waals surface area contributed by atoms with E-state index < -0.39 is 0 Å². The van der Waals surface area contributed by atoms with Crippen LogP contribution >= 0.6 is 0 Å². The number of ether oxygens (including phenoxy) is 2. The summed E-state index contributed by atoms with van der Waals surface area (Å²) in [6.45, 7) is 5.68. The number of unbranched alkanes of at least 4 members (excludes halogenated alkanes) is 2. The topological polar surface area (TPSA) is 59.0 Å². The molecule has 5 nitrogen and oxygen atoms in total. The van der Waals surface area contributed by atoms with Crippen LogP contribution in [0.25, 0.3) is 0 Å². The fraction of sp³-hybridized carbons (Fsp3) is 0.923. The first-order valence-corrected chi connectivity index (χ1v) is 6.86. The molecule has 1 rings (SSSR count). The number of hydrogen-bond acceptors (Lipinski definition) is 5. The number of carbonyl (C=O) groups excluding carboxylic acids is 1. The molecule has 0 aliphatic carbocycles. The first kappa shape index (κ1) is 15.4. The van der Waals surface area contributed by atoms with Crippen molar-refractivity contribution in [2.75, 3.05) is 39.5 Å². The molecule has 0 aromatic heterocycles. The molecule has 0 aromatic carbocycles. The summed E-state index contributed by atoms with van der Waals surface area (Å²) in [7, 11) is 0. The van der Waals surface area contributed by atoms with Gasteiger partial charge in [0.1, 0.15) is 0 Å². The molecule has 1 aliphatic heterocycles. The largest absolute Gasteiger partial charge is 0.466 e. The zero-order chi connectivity index (χ0) is 13.2. The van der Waals surface area contributed by atoms with Gasteiger partial charge in [0.25, 0.3) is 0 Å². The van der Waals surface area contributed by atoms with Gasteiger partial charge in [0.05, 0.1) is 32.5 Å². The van der Waals surface area contributed by atoms with E-state index in [0.29, 0.717) is 19.6 Å². The van der Waals surface area contributed by atoms with E-state index in [9.17, 15) is 9.90 Å². The van der Waals surface area contributed by atoms with Crippen LogP contribution in [-0.4, -0.2) is 61.5 Å². The molecule has 1 N–H and O–H groups in total. The van der Waals surface area contributed by atoms with Gasteiger partial charge in [0.2, 0.25) is 0 Å². The molecule has 0 saturated carbocycles. The molecule has 1 heterocycles. The Labute approximate surface area is 109 Å². The number of morpholine rings is 1. The van der Waals surface area contributed by atoms with E-state index in [1.165, 1.54) is 0 Å². The van der Waals surface area contributed by atoms with Crippen LogP contribution in [0, 0.1) is 0 Å². The maximum Gasteiger partial charge on any atom is 0.305 e. The van der Waals surface area contributed by atoms with Gasteiger partial charge >= 0.3 is 5.97 Å². The fourth-order valence-electron chi connectivity index (χ4n) is 2.15. The van der Waals surface area contributed by atoms with Crippen molar-refractivity contribution in [1.82, 2.24) is 4.90 Å². The molecule has 1 aliphatic rings. The molecule has 5 heteroatoms. The predicted molar refractivity (Wildman–Crippen MR) is 68.4 cm³/mol. The lowest BCUT2D eigenvalue weighted by molar-refractivity contribution is -0.143. The third kappa shape index (κ3) is 5.80. The smallest absolute Gasteiger partial charge is 0.305 e. The van der Waals surface area contributed by atoms with Crippen molar-refractivity contribution >= 4 is 5.97 Å². The van der Waals surface area contributed by atoms with Crippen LogP contribution in [0.3, 0.4) is 0 Å². The zero-order valence-corrected chi connectivity index (χ0v) is 11.3. The van der Waals surface area contributed by atoms with E-state index in [1.54, 1.807) is 0 Å². The van der Waals surface area contributed by atoms with E-state index in [0.717, 1.165) is 39.0 Å². The first-order chi connectivity index (χ1) is 8.77. The molecule has 106 valence electrons. The Hall–Kier alpha value is -0.650. The van der Waals surface area contributed by atoms with Gasteiger partial charge in [0.15, 0.2) is 0 Å². The monoisotopic (exact) mass is 259 g/mol. The summed E-state index contributed by atoms with van der Waals surface area (Å²) >= 11 is 0. The lowest BCUT2D eigenvalue weighted by Crippen LogP contribution is -2.47. The second-order valence-electron chi connectivity index (χ2n) is 4.56. The van der Waals surface area contributed by atoms with Crippen molar-refractivity contribution in [1.29, 1.82) is 0 Å². The minimum absolute atomic E-state index is 0.0999. The van der Waals surface area contributed by atoms with Crippen LogP contribution in [0.5, 0.6) is 0 Å². The van der Waals surface area contributed by atoms with Gasteiger partial charge in [-0.05, 0) is 26.3 Å². The van der Waals surface area contributed by atoms with Gasteiger partial charge in [0, 0.05) is 13.0 Å². The van der Waals surface area contributed by atoms with Crippen molar-refractivity contribution in [3.8, 4) is 0 Å². The van der Waals surface area contributed by atoms with E-state index in [1.807, 2.05) is 6.92 Å². The molecule has 0 bridgehead atoms. The minimum Gasteiger partial charge on any atom is -0.466 e. The molecule has 0 aromatic rings. The summed E-state index contributed by atoms with van der Waals surface area (Å²) in [6.07, 6.45) is 3.47. The number of aliphatic hydroxyl groups is 1. The third-order valence-corrected chi connectivity index (χ3v) is 3.19. The van der Waals surface area contributed by atoms with Crippen LogP contribution in [-0.2, 0) is 14.3 Å². The molecular formula is C13H25NO4. The molecule has 18 heavy (non-hydrogen) atoms. The molecule has 1 fully saturated rings. The van der Waals surface area contributed by atoms with Crippen LogP contribution in [0.1, 0.15) is 32.6 Å². The van der Waals surface area contributed by atoms with Crippen LogP contribution in [0.15, 0.2) is 0 Å². The second-order valence-corrected chi connectivity index (χ2v) is 4.56. The number of hydrogen-bond donors (Lipinski definition) is 1. The highest BCUT2D eigenvalue weighted by molar-refractivity contribution is 5.69. The summed E-state index contributed by atoms with van der Waals surface area (Å²) in [4.78, 5) is 13.4. The Balaban J connectivity index is 2.04. The Kier molecular flexibility index (Phi) is 7.96. The van der Waals surface area contributed by atoms with Crippen molar-refractivity contribution in [3.05, 3.63) is 0 Å². The molecule has 1 atom stereocenters. The number of aliphatic hydroxyl groups excluding tert-OH is 1. The number of rotatable bonds is 8. The molecule has 0 spiro atoms. The standard InChI is InChI=1S/C13H25NO4/c1-2-18-13(16)6-4-3-5-7-14-8-9-17-11-12(14)10-15/h12,15H,2-11H2,1H3. The van der Waals surface area contributed by atoms with E-state index in [4.69, 9.17) is 9.47 Å². The van der Waals surface area contributed by atoms with Gasteiger partial charge in [-0.25, -0.2) is 0 Å². The molecule has 0 radical (unpaired) electrons. The summed E-state index contributed by atoms with van der Waals surface area (Å²) in [5.41, 5.74) is 0. The average Bonchev–Trinajstić information content (AvgIpc) is 2.39. The Morgan fingerprint density at radius 2 is 2.28 bits per heavy atom. The van der Waals surface area contributed by atoms with Gasteiger partial charge in [-0.2, -0.15) is 0 Å². The highest BCUT2D eigenvalue weighted by Crippen LogP contribution is 2.09. The molecular weight excluding hydrogens is 234 g/mol. The lowest BCUT2D eigenvalue weighted by Gasteiger charge is -2.34. The summed E-state index contributed by atoms with van der Waals surface area (Å²) in [5, 5.41) is 9.21. The van der Waals surface area contributed by atoms with Gasteiger partial charge in [-0.1, -0.05) is 6.42 Å². The highest BCUT2D eigenvalue weighted by Gasteiger charge is 2.21. The predicted octanol–water partition coefficient (Wildman–Crippen LogP) is 0.803. The molecule has 1 unspecified atom stereocenters. The van der Waals surface area contributed by atoms with Gasteiger partial charge < -0.3 is 14.6 Å². The third-order valence-electron chi connectivity index (χ3n) is 3.19. The maximum absolute atomic E-state index is 11.1. The van der Waals surface area contributed by atoms with E-state index >= 15 is 0 Å². The SMILES string of the molecule is CCOC(=O)CCCCCN1CCOCC1CO. The van der Waals surface area contributed by atoms with Gasteiger partial charge in [-0.15, -0.1) is 0 Å². The zero-order valence-electron chi connectivity index (χ0n) is 11.3. The Bertz CT molecular complexity index is 235. The highest BCUT2D eigenvalue weighted by atomic mass is 16.5. The number of carbonyl (C=O) groups is 1. The fourth-order valence-corrected chi connectivity index (χ4v) is 2.15. The second kappa shape index (κ2) is 9.30. The van der Waals surface area contributed by atoms with E-state index in [-0.39, 0.29) is 18.6 Å². The van der Waals surface area contributed by atoms with Crippen molar-refractivity contribution in [2.24, 2.45) is 0 Å². The van der Waals surface area contributed by atoms with Crippen LogP contribution < -0.4 is 0 Å². The van der Waals surface area contributed by atoms with Crippen molar-refractivity contribution < 1.29 is 19.4 Å². The summed E-state index contributed by atoms with van der Waals surface area (Å²) < 4.78 is 10.2. The van der Waals surface area contributed by atoms with E-state index in [2.05, 4.69) is 4.90 Å². The van der Waals surface area contributed by atoms with Crippen LogP contribution in [0.2, 0.25) is 0 Å². The molecule has 1 saturated heterocycles. The van der Waals surface area contributed by atoms with Crippen molar-refractivity contribution in [2.45, 2.75) is 38.6 Å². The van der Waals surface area contributed by atoms with Crippen molar-refractivity contribution in [3.63, 3.8) is 0 Å². The number of esters is 1. The average molecular weight is 259 g/mol. The van der Waals surface area contributed by atoms with Gasteiger partial charge in [-0.3, -0.25) is 9.69 Å². The number of nitrogens with zero attached hydrogens (tertiary/aromatic N) is 1. The first-order valence-electron chi connectivity index (χ1n) is 6.86. The minimum atomic E-state index is -0.0999. The van der Waals surface area contributed by atoms with Crippen LogP contribution in [0.4, 0.5) is 0 Å². The quantitative estimate of drug-likeness (QED) is 0.516. The summed E-state index contributed by atoms with van der Waals surface area (Å²) in [5.74, 6) is -0.0999. The summed E-state index contributed by atoms with van der Waals surface area (Å²) in [6, 6.07) is 0.142.